The molecule has 10 heteroatoms. The van der Waals surface area contributed by atoms with Gasteiger partial charge in [-0.3, -0.25) is 14.5 Å². The summed E-state index contributed by atoms with van der Waals surface area (Å²) >= 11 is 0. The summed E-state index contributed by atoms with van der Waals surface area (Å²) in [6.45, 7) is 3.34. The number of urea groups is 1. The fourth-order valence-electron chi connectivity index (χ4n) is 2.95. The Balaban J connectivity index is 0.00000243. The van der Waals surface area contributed by atoms with Crippen molar-refractivity contribution in [3.8, 4) is 11.5 Å². The van der Waals surface area contributed by atoms with Crippen LogP contribution in [0, 0.1) is 0 Å². The van der Waals surface area contributed by atoms with Gasteiger partial charge in [0.2, 0.25) is 12.7 Å². The molecule has 0 saturated carbocycles. The quantitative estimate of drug-likeness (QED) is 0.521. The Hall–Kier alpha value is -2.68. The van der Waals surface area contributed by atoms with Crippen LogP contribution in [0.5, 0.6) is 11.5 Å². The molecule has 0 aliphatic carbocycles. The molecule has 2 aliphatic heterocycles. The van der Waals surface area contributed by atoms with Gasteiger partial charge in [-0.1, -0.05) is 13.8 Å². The topological polar surface area (TPSA) is 123 Å². The summed E-state index contributed by atoms with van der Waals surface area (Å²) in [5.41, 5.74) is 5.57. The number of anilines is 2. The summed E-state index contributed by atoms with van der Waals surface area (Å²) in [6, 6.07) is 2.52. The molecule has 0 atom stereocenters. The molecule has 4 amide bonds. The SMILES string of the molecule is CCC1(CC)NC(=O)N(CC(=O)Nc2cc3c(cc2N)OCO3)C1=O.Cl. The van der Waals surface area contributed by atoms with Gasteiger partial charge in [-0.05, 0) is 12.8 Å². The summed E-state index contributed by atoms with van der Waals surface area (Å²) < 4.78 is 10.4. The average Bonchev–Trinajstić information content (AvgIpc) is 3.12. The molecule has 4 N–H and O–H groups in total. The molecule has 9 nitrogen and oxygen atoms in total. The van der Waals surface area contributed by atoms with E-state index in [1.807, 2.05) is 13.8 Å². The van der Waals surface area contributed by atoms with Crippen molar-refractivity contribution in [2.24, 2.45) is 0 Å². The van der Waals surface area contributed by atoms with Gasteiger partial charge in [0.15, 0.2) is 11.5 Å². The third kappa shape index (κ3) is 3.22. The molecule has 0 bridgehead atoms. The second-order valence-electron chi connectivity index (χ2n) is 5.95. The minimum atomic E-state index is -0.935. The minimum absolute atomic E-state index is 0. The van der Waals surface area contributed by atoms with E-state index in [1.54, 1.807) is 12.1 Å². The predicted octanol–water partition coefficient (Wildman–Crippen LogP) is 1.47. The van der Waals surface area contributed by atoms with Crippen LogP contribution in [0.15, 0.2) is 12.1 Å². The molecule has 0 aromatic heterocycles. The molecule has 1 fully saturated rings. The molecule has 1 saturated heterocycles. The van der Waals surface area contributed by atoms with Crippen LogP contribution in [0.25, 0.3) is 0 Å². The van der Waals surface area contributed by atoms with Crippen molar-refractivity contribution in [1.29, 1.82) is 0 Å². The molecular weight excluding hydrogens is 364 g/mol. The van der Waals surface area contributed by atoms with Crippen molar-refractivity contribution in [1.82, 2.24) is 10.2 Å². The number of benzene rings is 1. The zero-order chi connectivity index (χ0) is 18.2. The van der Waals surface area contributed by atoms with E-state index in [0.29, 0.717) is 35.7 Å². The van der Waals surface area contributed by atoms with Gasteiger partial charge < -0.3 is 25.8 Å². The largest absolute Gasteiger partial charge is 0.454 e. The van der Waals surface area contributed by atoms with Gasteiger partial charge in [-0.25, -0.2) is 4.79 Å². The first-order valence-electron chi connectivity index (χ1n) is 8.03. The third-order valence-corrected chi connectivity index (χ3v) is 4.57. The first-order chi connectivity index (χ1) is 11.9. The Morgan fingerprint density at radius 1 is 1.27 bits per heavy atom. The highest BCUT2D eigenvalue weighted by Gasteiger charge is 2.49. The van der Waals surface area contributed by atoms with Crippen molar-refractivity contribution in [2.75, 3.05) is 24.4 Å². The maximum absolute atomic E-state index is 12.5. The Labute approximate surface area is 156 Å². The zero-order valence-corrected chi connectivity index (χ0v) is 15.3. The summed E-state index contributed by atoms with van der Waals surface area (Å²) in [6.07, 6.45) is 0.919. The van der Waals surface area contributed by atoms with Crippen molar-refractivity contribution >= 4 is 41.6 Å². The Bertz CT molecular complexity index is 750. The van der Waals surface area contributed by atoms with Gasteiger partial charge in [0.1, 0.15) is 12.1 Å². The van der Waals surface area contributed by atoms with E-state index in [-0.39, 0.29) is 25.7 Å². The Morgan fingerprint density at radius 3 is 2.46 bits per heavy atom. The Kier molecular flexibility index (Phi) is 5.50. The molecule has 1 aromatic rings. The monoisotopic (exact) mass is 384 g/mol. The number of rotatable bonds is 5. The number of nitrogen functional groups attached to an aromatic ring is 1. The maximum atomic E-state index is 12.5. The Morgan fingerprint density at radius 2 is 1.88 bits per heavy atom. The summed E-state index contributed by atoms with van der Waals surface area (Å²) in [7, 11) is 0. The molecule has 0 spiro atoms. The summed E-state index contributed by atoms with van der Waals surface area (Å²) in [4.78, 5) is 37.8. The van der Waals surface area contributed by atoms with Crippen LogP contribution in [0.3, 0.4) is 0 Å². The minimum Gasteiger partial charge on any atom is -0.454 e. The van der Waals surface area contributed by atoms with Crippen LogP contribution >= 0.6 is 12.4 Å². The highest BCUT2D eigenvalue weighted by molar-refractivity contribution is 6.10. The van der Waals surface area contributed by atoms with Gasteiger partial charge in [-0.2, -0.15) is 0 Å². The smallest absolute Gasteiger partial charge is 0.325 e. The third-order valence-electron chi connectivity index (χ3n) is 4.57. The van der Waals surface area contributed by atoms with Gasteiger partial charge in [0.25, 0.3) is 5.91 Å². The van der Waals surface area contributed by atoms with Crippen molar-refractivity contribution in [3.05, 3.63) is 12.1 Å². The number of halogens is 1. The predicted molar refractivity (Wildman–Crippen MR) is 96.4 cm³/mol. The number of imide groups is 1. The van der Waals surface area contributed by atoms with E-state index < -0.39 is 23.4 Å². The van der Waals surface area contributed by atoms with Crippen molar-refractivity contribution in [2.45, 2.75) is 32.2 Å². The molecule has 2 aliphatic rings. The zero-order valence-electron chi connectivity index (χ0n) is 14.5. The van der Waals surface area contributed by atoms with E-state index >= 15 is 0 Å². The lowest BCUT2D eigenvalue weighted by molar-refractivity contribution is -0.134. The van der Waals surface area contributed by atoms with Gasteiger partial charge in [0.05, 0.1) is 11.4 Å². The first kappa shape index (κ1) is 19.6. The number of fused-ring (bicyclic) bond motifs is 1. The molecule has 26 heavy (non-hydrogen) atoms. The highest BCUT2D eigenvalue weighted by Crippen LogP contribution is 2.38. The number of carbonyl (C=O) groups excluding carboxylic acids is 3. The fraction of sp³-hybridized carbons (Fsp3) is 0.438. The second kappa shape index (κ2) is 7.28. The number of ether oxygens (including phenoxy) is 2. The lowest BCUT2D eigenvalue weighted by Crippen LogP contribution is -2.46. The maximum Gasteiger partial charge on any atom is 0.325 e. The number of amides is 4. The number of nitrogens with one attached hydrogen (secondary N) is 2. The lowest BCUT2D eigenvalue weighted by Gasteiger charge is -2.23. The fourth-order valence-corrected chi connectivity index (χ4v) is 2.95. The van der Waals surface area contributed by atoms with Crippen LogP contribution in [-0.2, 0) is 9.59 Å². The lowest BCUT2D eigenvalue weighted by atomic mass is 9.93. The number of nitrogens with zero attached hydrogens (tertiary/aromatic N) is 1. The van der Waals surface area contributed by atoms with Crippen LogP contribution in [0.2, 0.25) is 0 Å². The van der Waals surface area contributed by atoms with Crippen LogP contribution in [0.4, 0.5) is 16.2 Å². The second-order valence-corrected chi connectivity index (χ2v) is 5.95. The van der Waals surface area contributed by atoms with E-state index in [9.17, 15) is 14.4 Å². The normalized spacial score (nSPS) is 16.9. The van der Waals surface area contributed by atoms with Crippen LogP contribution in [-0.4, -0.2) is 41.6 Å². The number of carbonyl (C=O) groups is 3. The molecule has 2 heterocycles. The number of hydrogen-bond acceptors (Lipinski definition) is 6. The van der Waals surface area contributed by atoms with E-state index in [4.69, 9.17) is 15.2 Å². The van der Waals surface area contributed by atoms with Crippen LogP contribution in [0.1, 0.15) is 26.7 Å². The number of hydrogen-bond donors (Lipinski definition) is 3. The summed E-state index contributed by atoms with van der Waals surface area (Å²) in [5.74, 6) is 0.0455. The molecule has 142 valence electrons. The van der Waals surface area contributed by atoms with Crippen molar-refractivity contribution < 1.29 is 23.9 Å². The first-order valence-corrected chi connectivity index (χ1v) is 8.03. The molecule has 0 radical (unpaired) electrons. The highest BCUT2D eigenvalue weighted by atomic mass is 35.5. The van der Waals surface area contributed by atoms with Crippen molar-refractivity contribution in [3.63, 3.8) is 0 Å². The molecular formula is C16H21ClN4O5. The standard InChI is InChI=1S/C16H20N4O5.ClH/c1-3-16(4-2)14(22)20(15(23)19-16)7-13(21)18-10-6-12-11(5-9(10)17)24-8-25-12;/h5-6H,3-4,7-8,17H2,1-2H3,(H,18,21)(H,19,23);1H. The van der Waals surface area contributed by atoms with Gasteiger partial charge in [0, 0.05) is 12.1 Å². The molecule has 1 aromatic carbocycles. The van der Waals surface area contributed by atoms with E-state index in [1.165, 1.54) is 0 Å². The number of nitrogens with two attached hydrogens (primary N) is 1. The summed E-state index contributed by atoms with van der Waals surface area (Å²) in [5, 5.41) is 5.28. The van der Waals surface area contributed by atoms with Gasteiger partial charge in [-0.15, -0.1) is 12.4 Å². The van der Waals surface area contributed by atoms with E-state index in [2.05, 4.69) is 10.6 Å². The van der Waals surface area contributed by atoms with Crippen LogP contribution < -0.4 is 25.8 Å². The average molecular weight is 385 g/mol. The van der Waals surface area contributed by atoms with Gasteiger partial charge >= 0.3 is 6.03 Å². The molecule has 3 rings (SSSR count). The molecule has 0 unspecified atom stereocenters. The van der Waals surface area contributed by atoms with E-state index in [0.717, 1.165) is 4.90 Å².